The van der Waals surface area contributed by atoms with Gasteiger partial charge >= 0.3 is 0 Å². The molecule has 2 saturated carbocycles. The molecule has 6 atom stereocenters. The van der Waals surface area contributed by atoms with Gasteiger partial charge in [0.05, 0.1) is 18.0 Å². The van der Waals surface area contributed by atoms with Crippen molar-refractivity contribution in [3.8, 4) is 0 Å². The third kappa shape index (κ3) is 2.98. The minimum atomic E-state index is -0.141. The maximum atomic E-state index is 11.5. The largest absolute Gasteiger partial charge is 0.393 e. The summed E-state index contributed by atoms with van der Waals surface area (Å²) >= 11 is 0. The molecule has 1 aromatic heterocycles. The number of hydrogen-bond acceptors (Lipinski definition) is 3. The first-order valence-electron chi connectivity index (χ1n) is 11.6. The molecule has 6 unspecified atom stereocenters. The summed E-state index contributed by atoms with van der Waals surface area (Å²) in [6.45, 7) is 6.48. The van der Waals surface area contributed by atoms with Crippen LogP contribution in [0, 0.1) is 28.6 Å². The van der Waals surface area contributed by atoms with Gasteiger partial charge < -0.3 is 10.4 Å². The Morgan fingerprint density at radius 3 is 2.70 bits per heavy atom. The number of aliphatic hydroxyl groups excluding tert-OH is 1. The molecule has 2 fully saturated rings. The minimum Gasteiger partial charge on any atom is -0.393 e. The smallest absolute Gasteiger partial charge is 0.221 e. The van der Waals surface area contributed by atoms with Crippen molar-refractivity contribution in [1.29, 1.82) is 0 Å². The molecule has 1 heterocycles. The van der Waals surface area contributed by atoms with Crippen molar-refractivity contribution in [3.05, 3.63) is 41.7 Å². The van der Waals surface area contributed by atoms with Crippen molar-refractivity contribution in [2.45, 2.75) is 71.8 Å². The summed E-state index contributed by atoms with van der Waals surface area (Å²) in [5.41, 5.74) is 5.34. The summed E-state index contributed by atoms with van der Waals surface area (Å²) in [5.74, 6) is 2.05. The first-order valence-corrected chi connectivity index (χ1v) is 11.6. The lowest BCUT2D eigenvalue weighted by Gasteiger charge is -2.57. The van der Waals surface area contributed by atoms with Crippen LogP contribution >= 0.6 is 0 Å². The molecule has 2 N–H and O–H groups in total. The quantitative estimate of drug-likeness (QED) is 0.650. The van der Waals surface area contributed by atoms with Gasteiger partial charge in [-0.05, 0) is 90.7 Å². The third-order valence-corrected chi connectivity index (χ3v) is 9.03. The van der Waals surface area contributed by atoms with E-state index in [4.69, 9.17) is 0 Å². The standard InChI is InChI=1S/C26H34N2O2/c1-16(29)28-19-12-17(14-27-15-19)22-6-7-23-21-5-4-18-13-20(30)8-10-25(18,2)24(21)9-11-26(22,23)3/h4,6,12,14-15,20-21,23-24,30H,5,7-11,13H2,1-3H3,(H,28,29). The molecule has 4 aliphatic rings. The molecule has 0 aromatic carbocycles. The van der Waals surface area contributed by atoms with Gasteiger partial charge in [-0.1, -0.05) is 31.6 Å². The predicted octanol–water partition coefficient (Wildman–Crippen LogP) is 5.36. The Balaban J connectivity index is 1.44. The Bertz CT molecular complexity index is 935. The van der Waals surface area contributed by atoms with Gasteiger partial charge in [0.2, 0.25) is 5.91 Å². The fourth-order valence-electron chi connectivity index (χ4n) is 7.52. The van der Waals surface area contributed by atoms with Crippen LogP contribution in [0.3, 0.4) is 0 Å². The summed E-state index contributed by atoms with van der Waals surface area (Å²) in [4.78, 5) is 15.9. The molecule has 0 spiro atoms. The molecule has 4 heteroatoms. The van der Waals surface area contributed by atoms with Crippen LogP contribution in [-0.2, 0) is 4.79 Å². The van der Waals surface area contributed by atoms with Crippen LogP contribution < -0.4 is 5.32 Å². The number of pyridine rings is 1. The zero-order valence-corrected chi connectivity index (χ0v) is 18.4. The molecule has 5 rings (SSSR count). The Labute approximate surface area is 179 Å². The molecule has 4 nitrogen and oxygen atoms in total. The number of aliphatic hydroxyl groups is 1. The van der Waals surface area contributed by atoms with Gasteiger partial charge in [0.15, 0.2) is 0 Å². The van der Waals surface area contributed by atoms with E-state index < -0.39 is 0 Å². The lowest BCUT2D eigenvalue weighted by molar-refractivity contribution is -0.114. The monoisotopic (exact) mass is 406 g/mol. The number of carbonyl (C=O) groups excluding carboxylic acids is 1. The molecule has 4 aliphatic carbocycles. The minimum absolute atomic E-state index is 0.0606. The zero-order chi connectivity index (χ0) is 21.1. The average Bonchev–Trinajstić information content (AvgIpc) is 3.05. The van der Waals surface area contributed by atoms with Gasteiger partial charge in [-0.15, -0.1) is 0 Å². The second-order valence-corrected chi connectivity index (χ2v) is 10.6. The van der Waals surface area contributed by atoms with Gasteiger partial charge in [-0.3, -0.25) is 9.78 Å². The fourth-order valence-corrected chi connectivity index (χ4v) is 7.52. The number of hydrogen-bond donors (Lipinski definition) is 2. The highest BCUT2D eigenvalue weighted by molar-refractivity contribution is 5.89. The van der Waals surface area contributed by atoms with Crippen molar-refractivity contribution >= 4 is 17.2 Å². The van der Waals surface area contributed by atoms with E-state index in [9.17, 15) is 9.90 Å². The molecule has 0 saturated heterocycles. The predicted molar refractivity (Wildman–Crippen MR) is 120 cm³/mol. The van der Waals surface area contributed by atoms with Crippen molar-refractivity contribution in [2.75, 3.05) is 5.32 Å². The number of nitrogens with zero attached hydrogens (tertiary/aromatic N) is 1. The molecule has 0 bridgehead atoms. The van der Waals surface area contributed by atoms with E-state index in [1.54, 1.807) is 6.20 Å². The Kier molecular flexibility index (Phi) is 4.70. The zero-order valence-electron chi connectivity index (χ0n) is 18.4. The highest BCUT2D eigenvalue weighted by Crippen LogP contribution is 2.66. The lowest BCUT2D eigenvalue weighted by Crippen LogP contribution is -2.49. The maximum Gasteiger partial charge on any atom is 0.221 e. The number of amides is 1. The summed E-state index contributed by atoms with van der Waals surface area (Å²) in [6, 6.07) is 2.09. The van der Waals surface area contributed by atoms with Crippen LogP contribution in [0.1, 0.15) is 71.3 Å². The molecule has 1 aromatic rings. The second kappa shape index (κ2) is 7.05. The summed E-state index contributed by atoms with van der Waals surface area (Å²) in [7, 11) is 0. The Morgan fingerprint density at radius 1 is 1.10 bits per heavy atom. The van der Waals surface area contributed by atoms with Crippen LogP contribution in [0.15, 0.2) is 36.2 Å². The van der Waals surface area contributed by atoms with E-state index in [0.717, 1.165) is 49.3 Å². The highest BCUT2D eigenvalue weighted by Gasteiger charge is 2.56. The van der Waals surface area contributed by atoms with E-state index in [0.29, 0.717) is 11.8 Å². The summed E-state index contributed by atoms with van der Waals surface area (Å²) in [5, 5.41) is 13.1. The number of rotatable bonds is 2. The SMILES string of the molecule is CC(=O)Nc1cncc(C2=CCC3C4CC=C5CC(O)CCC5(C)C4CCC23C)c1. The maximum absolute atomic E-state index is 11.5. The number of aromatic nitrogens is 1. The van der Waals surface area contributed by atoms with Crippen LogP contribution in [0.4, 0.5) is 5.69 Å². The first-order chi connectivity index (χ1) is 14.3. The van der Waals surface area contributed by atoms with Crippen molar-refractivity contribution in [2.24, 2.45) is 28.6 Å². The topological polar surface area (TPSA) is 62.2 Å². The van der Waals surface area contributed by atoms with Crippen molar-refractivity contribution in [1.82, 2.24) is 4.98 Å². The molecule has 30 heavy (non-hydrogen) atoms. The molecule has 160 valence electrons. The molecule has 1 amide bonds. The van der Waals surface area contributed by atoms with Crippen LogP contribution in [0.5, 0.6) is 0 Å². The average molecular weight is 407 g/mol. The van der Waals surface area contributed by atoms with Gasteiger partial charge in [0, 0.05) is 13.1 Å². The number of allylic oxidation sites excluding steroid dienone is 3. The van der Waals surface area contributed by atoms with E-state index in [2.05, 4.69) is 42.4 Å². The normalized spacial score (nSPS) is 39.9. The molecular weight excluding hydrogens is 372 g/mol. The fraction of sp³-hybridized carbons (Fsp3) is 0.615. The third-order valence-electron chi connectivity index (χ3n) is 9.03. The van der Waals surface area contributed by atoms with Gasteiger partial charge in [0.1, 0.15) is 0 Å². The number of anilines is 1. The van der Waals surface area contributed by atoms with E-state index >= 15 is 0 Å². The molecular formula is C26H34N2O2. The van der Waals surface area contributed by atoms with Crippen molar-refractivity contribution in [3.63, 3.8) is 0 Å². The van der Waals surface area contributed by atoms with Gasteiger partial charge in [-0.2, -0.15) is 0 Å². The number of nitrogens with one attached hydrogen (secondary N) is 1. The number of carbonyl (C=O) groups is 1. The second-order valence-electron chi connectivity index (χ2n) is 10.6. The van der Waals surface area contributed by atoms with Crippen LogP contribution in [0.25, 0.3) is 5.57 Å². The highest BCUT2D eigenvalue weighted by atomic mass is 16.3. The van der Waals surface area contributed by atoms with Crippen LogP contribution in [-0.4, -0.2) is 22.1 Å². The van der Waals surface area contributed by atoms with Gasteiger partial charge in [0.25, 0.3) is 0 Å². The molecule has 0 radical (unpaired) electrons. The Hall–Kier alpha value is -1.94. The van der Waals surface area contributed by atoms with E-state index in [1.165, 1.54) is 30.9 Å². The number of fused-ring (bicyclic) bond motifs is 5. The van der Waals surface area contributed by atoms with E-state index in [1.807, 2.05) is 6.20 Å². The van der Waals surface area contributed by atoms with Crippen LogP contribution in [0.2, 0.25) is 0 Å². The summed E-state index contributed by atoms with van der Waals surface area (Å²) in [6.07, 6.45) is 16.2. The Morgan fingerprint density at radius 2 is 1.90 bits per heavy atom. The van der Waals surface area contributed by atoms with Gasteiger partial charge in [-0.25, -0.2) is 0 Å². The van der Waals surface area contributed by atoms with E-state index in [-0.39, 0.29) is 22.8 Å². The molecule has 0 aliphatic heterocycles. The summed E-state index contributed by atoms with van der Waals surface area (Å²) < 4.78 is 0. The van der Waals surface area contributed by atoms with Crippen molar-refractivity contribution < 1.29 is 9.90 Å². The first kappa shape index (κ1) is 20.0. The lowest BCUT2D eigenvalue weighted by atomic mass is 9.47.